The molecule has 2 amide bonds. The van der Waals surface area contributed by atoms with Crippen LogP contribution in [-0.2, 0) is 9.47 Å². The van der Waals surface area contributed by atoms with Crippen molar-refractivity contribution in [2.45, 2.75) is 51.4 Å². The molecule has 4 heterocycles. The van der Waals surface area contributed by atoms with Crippen molar-refractivity contribution in [3.63, 3.8) is 0 Å². The maximum absolute atomic E-state index is 13.3. The zero-order valence-electron chi connectivity index (χ0n) is 23.5. The van der Waals surface area contributed by atoms with Crippen molar-refractivity contribution in [3.8, 4) is 5.82 Å². The van der Waals surface area contributed by atoms with Crippen LogP contribution in [0.2, 0.25) is 0 Å². The summed E-state index contributed by atoms with van der Waals surface area (Å²) in [6, 6.07) is 10.0. The van der Waals surface area contributed by atoms with Crippen LogP contribution in [0.5, 0.6) is 0 Å². The second-order valence-corrected chi connectivity index (χ2v) is 10.7. The molecule has 2 atom stereocenters. The second-order valence-electron chi connectivity index (χ2n) is 10.7. The zero-order valence-corrected chi connectivity index (χ0v) is 23.5. The lowest BCUT2D eigenvalue weighted by atomic mass is 9.89. The van der Waals surface area contributed by atoms with Crippen molar-refractivity contribution in [1.29, 1.82) is 0 Å². The van der Waals surface area contributed by atoms with E-state index < -0.39 is 11.7 Å². The van der Waals surface area contributed by atoms with Gasteiger partial charge in [-0.05, 0) is 57.9 Å². The number of amides is 2. The summed E-state index contributed by atoms with van der Waals surface area (Å²) in [6.45, 7) is 5.29. The largest absolute Gasteiger partial charge is 0.443 e. The quantitative estimate of drug-likeness (QED) is 0.348. The third kappa shape index (κ3) is 5.75. The van der Waals surface area contributed by atoms with Crippen molar-refractivity contribution in [2.24, 2.45) is 0 Å². The van der Waals surface area contributed by atoms with Crippen LogP contribution < -0.4 is 21.1 Å². The maximum Gasteiger partial charge on any atom is 0.415 e. The van der Waals surface area contributed by atoms with Gasteiger partial charge in [0.15, 0.2) is 5.65 Å². The van der Waals surface area contributed by atoms with E-state index >= 15 is 0 Å². The molecular formula is C28H32N8O5. The molecule has 0 aromatic carbocycles. The molecule has 0 spiro atoms. The molecule has 5 rings (SSSR count). The Morgan fingerprint density at radius 2 is 1.95 bits per heavy atom. The van der Waals surface area contributed by atoms with E-state index in [9.17, 15) is 14.4 Å². The van der Waals surface area contributed by atoms with Gasteiger partial charge in [-0.3, -0.25) is 19.1 Å². The summed E-state index contributed by atoms with van der Waals surface area (Å²) in [5.41, 5.74) is -0.504. The summed E-state index contributed by atoms with van der Waals surface area (Å²) in [5, 5.41) is 10.4. The Morgan fingerprint density at radius 3 is 2.61 bits per heavy atom. The predicted octanol–water partition coefficient (Wildman–Crippen LogP) is 3.30. The molecule has 0 radical (unpaired) electrons. The van der Waals surface area contributed by atoms with Crippen LogP contribution in [0.3, 0.4) is 0 Å². The van der Waals surface area contributed by atoms with Gasteiger partial charge in [0.25, 0.3) is 11.5 Å². The van der Waals surface area contributed by atoms with Crippen LogP contribution in [0.1, 0.15) is 44.0 Å². The number of nitrogens with one attached hydrogen (secondary N) is 2. The zero-order chi connectivity index (χ0) is 29.3. The van der Waals surface area contributed by atoms with Crippen LogP contribution in [-0.4, -0.2) is 68.1 Å². The standard InChI is InChI=1S/C28H32N8O5/c1-28(2,3)41-27(39)34(4)23-15-21(31-19-9-8-14-35(26(19)38)22-10-6-7-13-29-22)33-24-17(16-30-36(23)24)25(37)32-18-11-12-20(18)40-5/h6-10,13-16,18,20H,11-12H2,1-5H3,(H,31,33)(H,32,37)/t18-,20-/m0/s1. The smallest absolute Gasteiger partial charge is 0.415 e. The molecular weight excluding hydrogens is 528 g/mol. The minimum absolute atomic E-state index is 0.0563. The number of aromatic nitrogens is 5. The Balaban J connectivity index is 1.56. The topological polar surface area (TPSA) is 145 Å². The SMILES string of the molecule is CO[C@H]1CC[C@@H]1NC(=O)c1cnn2c(N(C)C(=O)OC(C)(C)C)cc(Nc3cccn(-c4ccccn4)c3=O)nc12. The molecule has 2 N–H and O–H groups in total. The van der Waals surface area contributed by atoms with E-state index in [0.29, 0.717) is 5.82 Å². The van der Waals surface area contributed by atoms with Crippen LogP contribution in [0, 0.1) is 0 Å². The van der Waals surface area contributed by atoms with Gasteiger partial charge in [0.1, 0.15) is 34.3 Å². The van der Waals surface area contributed by atoms with Crippen molar-refractivity contribution in [2.75, 3.05) is 24.4 Å². The monoisotopic (exact) mass is 560 g/mol. The number of hydrogen-bond donors (Lipinski definition) is 2. The molecule has 13 nitrogen and oxygen atoms in total. The van der Waals surface area contributed by atoms with E-state index in [4.69, 9.17) is 9.47 Å². The lowest BCUT2D eigenvalue weighted by molar-refractivity contribution is 0.00732. The first-order chi connectivity index (χ1) is 19.6. The van der Waals surface area contributed by atoms with Crippen molar-refractivity contribution >= 4 is 35.0 Å². The highest BCUT2D eigenvalue weighted by atomic mass is 16.6. The molecule has 0 unspecified atom stereocenters. The third-order valence-electron chi connectivity index (χ3n) is 6.64. The third-order valence-corrected chi connectivity index (χ3v) is 6.64. The summed E-state index contributed by atoms with van der Waals surface area (Å²) in [7, 11) is 3.14. The van der Waals surface area contributed by atoms with Gasteiger partial charge < -0.3 is 20.1 Å². The van der Waals surface area contributed by atoms with Crippen molar-refractivity contribution in [3.05, 3.63) is 70.9 Å². The molecule has 214 valence electrons. The van der Waals surface area contributed by atoms with E-state index in [-0.39, 0.29) is 52.1 Å². The van der Waals surface area contributed by atoms with Crippen LogP contribution in [0.4, 0.5) is 22.1 Å². The molecule has 4 aromatic rings. The number of hydrogen-bond acceptors (Lipinski definition) is 9. The minimum Gasteiger partial charge on any atom is -0.443 e. The summed E-state index contributed by atoms with van der Waals surface area (Å²) in [6.07, 6.45) is 5.58. The molecule has 13 heteroatoms. The Bertz CT molecular complexity index is 1640. The molecule has 1 fully saturated rings. The van der Waals surface area contributed by atoms with E-state index in [1.807, 2.05) is 0 Å². The van der Waals surface area contributed by atoms with E-state index in [0.717, 1.165) is 12.8 Å². The van der Waals surface area contributed by atoms with Gasteiger partial charge >= 0.3 is 6.09 Å². The van der Waals surface area contributed by atoms with Gasteiger partial charge in [0.05, 0.1) is 18.3 Å². The van der Waals surface area contributed by atoms with Crippen LogP contribution in [0.25, 0.3) is 11.5 Å². The average Bonchev–Trinajstić information content (AvgIpc) is 3.35. The fraction of sp³-hybridized carbons (Fsp3) is 0.357. The molecule has 1 aliphatic carbocycles. The van der Waals surface area contributed by atoms with Crippen molar-refractivity contribution < 1.29 is 19.1 Å². The molecule has 4 aromatic heterocycles. The Kier molecular flexibility index (Phi) is 7.45. The number of ether oxygens (including phenoxy) is 2. The highest BCUT2D eigenvalue weighted by molar-refractivity contribution is 6.00. The first-order valence-electron chi connectivity index (χ1n) is 13.1. The summed E-state index contributed by atoms with van der Waals surface area (Å²) in [5.74, 6) is 0.562. The molecule has 41 heavy (non-hydrogen) atoms. The number of methoxy groups -OCH3 is 1. The molecule has 0 saturated heterocycles. The maximum atomic E-state index is 13.3. The van der Waals surface area contributed by atoms with E-state index in [2.05, 4.69) is 25.7 Å². The lowest BCUT2D eigenvalue weighted by Crippen LogP contribution is -2.51. The summed E-state index contributed by atoms with van der Waals surface area (Å²) >= 11 is 0. The molecule has 1 saturated carbocycles. The van der Waals surface area contributed by atoms with Gasteiger partial charge in [-0.15, -0.1) is 0 Å². The van der Waals surface area contributed by atoms with Crippen molar-refractivity contribution in [1.82, 2.24) is 29.5 Å². The predicted molar refractivity (Wildman–Crippen MR) is 152 cm³/mol. The Labute approximate surface area is 236 Å². The molecule has 0 aliphatic heterocycles. The molecule has 0 bridgehead atoms. The van der Waals surface area contributed by atoms with Gasteiger partial charge in [0.2, 0.25) is 0 Å². The highest BCUT2D eigenvalue weighted by Crippen LogP contribution is 2.26. The minimum atomic E-state index is -0.741. The van der Waals surface area contributed by atoms with Gasteiger partial charge in [0, 0.05) is 32.6 Å². The molecule has 1 aliphatic rings. The van der Waals surface area contributed by atoms with Gasteiger partial charge in [-0.25, -0.2) is 14.8 Å². The number of rotatable bonds is 7. The lowest BCUT2D eigenvalue weighted by Gasteiger charge is -2.35. The van der Waals surface area contributed by atoms with E-state index in [1.54, 1.807) is 76.7 Å². The summed E-state index contributed by atoms with van der Waals surface area (Å²) < 4.78 is 13.7. The van der Waals surface area contributed by atoms with Crippen LogP contribution >= 0.6 is 0 Å². The Hall–Kier alpha value is -4.78. The first kappa shape index (κ1) is 27.8. The normalized spacial score (nSPS) is 16.6. The first-order valence-corrected chi connectivity index (χ1v) is 13.1. The van der Waals surface area contributed by atoms with E-state index in [1.165, 1.54) is 27.2 Å². The van der Waals surface area contributed by atoms with Gasteiger partial charge in [-0.2, -0.15) is 9.61 Å². The number of pyridine rings is 2. The highest BCUT2D eigenvalue weighted by Gasteiger charge is 2.33. The fourth-order valence-electron chi connectivity index (χ4n) is 4.40. The number of nitrogens with zero attached hydrogens (tertiary/aromatic N) is 6. The van der Waals surface area contributed by atoms with Crippen LogP contribution in [0.15, 0.2) is 59.8 Å². The average molecular weight is 561 g/mol. The number of carbonyl (C=O) groups excluding carboxylic acids is 2. The second kappa shape index (κ2) is 11.0. The number of fused-ring (bicyclic) bond motifs is 1. The summed E-state index contributed by atoms with van der Waals surface area (Å²) in [4.78, 5) is 49.7. The number of anilines is 3. The fourth-order valence-corrected chi connectivity index (χ4v) is 4.40. The van der Waals surface area contributed by atoms with Gasteiger partial charge in [-0.1, -0.05) is 6.07 Å². The number of carbonyl (C=O) groups is 2. The Morgan fingerprint density at radius 1 is 1.15 bits per heavy atom.